The number of amides is 2. The molecule has 0 aliphatic carbocycles. The Balaban J connectivity index is 2.79. The molecule has 1 aromatic carbocycles. The van der Waals surface area contributed by atoms with Gasteiger partial charge in [0.05, 0.1) is 5.69 Å². The fourth-order valence-electron chi connectivity index (χ4n) is 1.65. The number of rotatable bonds is 1. The van der Waals surface area contributed by atoms with Gasteiger partial charge >= 0.3 is 6.03 Å². The summed E-state index contributed by atoms with van der Waals surface area (Å²) in [6, 6.07) is 4.21. The number of urea groups is 1. The summed E-state index contributed by atoms with van der Waals surface area (Å²) in [5.74, 6) is 0. The molecule has 3 N–H and O–H groups in total. The highest BCUT2D eigenvalue weighted by atomic mass is 32.2. The highest BCUT2D eigenvalue weighted by molar-refractivity contribution is 7.90. The van der Waals surface area contributed by atoms with Gasteiger partial charge in [-0.1, -0.05) is 12.1 Å². The van der Waals surface area contributed by atoms with E-state index < -0.39 is 16.1 Å². The highest BCUT2D eigenvalue weighted by Crippen LogP contribution is 2.30. The van der Waals surface area contributed by atoms with Crippen molar-refractivity contribution in [2.24, 2.45) is 5.73 Å². The first-order chi connectivity index (χ1) is 7.47. The molecule has 0 bridgehead atoms. The van der Waals surface area contributed by atoms with Crippen molar-refractivity contribution >= 4 is 21.7 Å². The highest BCUT2D eigenvalue weighted by Gasteiger charge is 2.33. The number of benzene rings is 1. The molecule has 0 spiro atoms. The molecule has 0 unspecified atom stereocenters. The predicted molar refractivity (Wildman–Crippen MR) is 58.5 cm³/mol. The summed E-state index contributed by atoms with van der Waals surface area (Å²) in [5.41, 5.74) is 6.32. The van der Waals surface area contributed by atoms with Gasteiger partial charge in [-0.3, -0.25) is 4.90 Å². The number of sulfonamides is 1. The molecule has 1 aliphatic heterocycles. The molecule has 0 aromatic heterocycles. The van der Waals surface area contributed by atoms with Gasteiger partial charge in [0.2, 0.25) is 0 Å². The van der Waals surface area contributed by atoms with Crippen molar-refractivity contribution in [3.05, 3.63) is 23.8 Å². The van der Waals surface area contributed by atoms with Crippen LogP contribution in [0.4, 0.5) is 10.5 Å². The SMILES string of the molecule is CN1C(=O)NS(=O)(=O)c2c(CN)cccc21. The van der Waals surface area contributed by atoms with Crippen molar-refractivity contribution in [2.45, 2.75) is 11.4 Å². The monoisotopic (exact) mass is 241 g/mol. The third-order valence-electron chi connectivity index (χ3n) is 2.45. The summed E-state index contributed by atoms with van der Waals surface area (Å²) in [5, 5.41) is 0. The number of carbonyl (C=O) groups is 1. The summed E-state index contributed by atoms with van der Waals surface area (Å²) in [6.45, 7) is 0.103. The standard InChI is InChI=1S/C9H11N3O3S/c1-12-7-4-2-3-6(5-10)8(7)16(14,15)11-9(12)13/h2-4H,5,10H2,1H3,(H,11,13). The first kappa shape index (κ1) is 10.9. The molecule has 6 nitrogen and oxygen atoms in total. The molecule has 0 fully saturated rings. The van der Waals surface area contributed by atoms with E-state index in [1.807, 2.05) is 4.72 Å². The molecule has 2 rings (SSSR count). The van der Waals surface area contributed by atoms with E-state index in [-0.39, 0.29) is 11.4 Å². The number of carbonyl (C=O) groups excluding carboxylic acids is 1. The Morgan fingerprint density at radius 2 is 2.12 bits per heavy atom. The van der Waals surface area contributed by atoms with Crippen LogP contribution in [0.15, 0.2) is 23.1 Å². The van der Waals surface area contributed by atoms with Gasteiger partial charge in [-0.05, 0) is 11.6 Å². The van der Waals surface area contributed by atoms with Crippen molar-refractivity contribution < 1.29 is 13.2 Å². The van der Waals surface area contributed by atoms with Crippen LogP contribution in [0.25, 0.3) is 0 Å². The average molecular weight is 241 g/mol. The van der Waals surface area contributed by atoms with Crippen LogP contribution in [0.5, 0.6) is 0 Å². The van der Waals surface area contributed by atoms with Gasteiger partial charge in [0.15, 0.2) is 0 Å². The minimum Gasteiger partial charge on any atom is -0.326 e. The first-order valence-corrected chi connectivity index (χ1v) is 6.08. The summed E-state index contributed by atoms with van der Waals surface area (Å²) in [7, 11) is -2.29. The maximum Gasteiger partial charge on any atom is 0.335 e. The molecule has 1 heterocycles. The number of nitrogens with two attached hydrogens (primary N) is 1. The van der Waals surface area contributed by atoms with Crippen LogP contribution >= 0.6 is 0 Å². The Hall–Kier alpha value is -1.60. The second kappa shape index (κ2) is 3.46. The number of nitrogens with zero attached hydrogens (tertiary/aromatic N) is 1. The third-order valence-corrected chi connectivity index (χ3v) is 3.90. The zero-order valence-corrected chi connectivity index (χ0v) is 9.41. The van der Waals surface area contributed by atoms with Crippen LogP contribution in [-0.4, -0.2) is 21.5 Å². The molecule has 1 aliphatic rings. The quantitative estimate of drug-likeness (QED) is 0.723. The number of nitrogens with one attached hydrogen (secondary N) is 1. The largest absolute Gasteiger partial charge is 0.335 e. The molecule has 7 heteroatoms. The lowest BCUT2D eigenvalue weighted by Crippen LogP contribution is -2.46. The minimum atomic E-state index is -3.79. The molecule has 16 heavy (non-hydrogen) atoms. The van der Waals surface area contributed by atoms with Crippen LogP contribution in [0.1, 0.15) is 5.56 Å². The number of fused-ring (bicyclic) bond motifs is 1. The Morgan fingerprint density at radius 3 is 2.75 bits per heavy atom. The van der Waals surface area contributed by atoms with Crippen LogP contribution < -0.4 is 15.4 Å². The second-order valence-corrected chi connectivity index (χ2v) is 5.06. The minimum absolute atomic E-state index is 0.0830. The van der Waals surface area contributed by atoms with E-state index in [2.05, 4.69) is 0 Å². The van der Waals surface area contributed by atoms with Crippen LogP contribution in [-0.2, 0) is 16.6 Å². The maximum absolute atomic E-state index is 11.8. The molecule has 0 radical (unpaired) electrons. The normalized spacial score (nSPS) is 17.9. The lowest BCUT2D eigenvalue weighted by molar-refractivity contribution is 0.251. The second-order valence-electron chi connectivity index (χ2n) is 3.44. The maximum atomic E-state index is 11.8. The Bertz CT molecular complexity index is 553. The fourth-order valence-corrected chi connectivity index (χ4v) is 3.10. The van der Waals surface area contributed by atoms with Crippen LogP contribution in [0.3, 0.4) is 0 Å². The Labute approximate surface area is 93.1 Å². The van der Waals surface area contributed by atoms with E-state index in [1.54, 1.807) is 18.2 Å². The molecule has 0 atom stereocenters. The summed E-state index contributed by atoms with van der Waals surface area (Å²) in [4.78, 5) is 12.7. The molecule has 0 saturated carbocycles. The summed E-state index contributed by atoms with van der Waals surface area (Å²) in [6.07, 6.45) is 0. The number of hydrogen-bond acceptors (Lipinski definition) is 4. The van der Waals surface area contributed by atoms with Crippen molar-refractivity contribution in [2.75, 3.05) is 11.9 Å². The van der Waals surface area contributed by atoms with Gasteiger partial charge in [0.1, 0.15) is 4.90 Å². The molecule has 86 valence electrons. The molecular formula is C9H11N3O3S. The van der Waals surface area contributed by atoms with Crippen LogP contribution in [0, 0.1) is 0 Å². The topological polar surface area (TPSA) is 92.5 Å². The van der Waals surface area contributed by atoms with Crippen LogP contribution in [0.2, 0.25) is 0 Å². The lowest BCUT2D eigenvalue weighted by atomic mass is 10.2. The van der Waals surface area contributed by atoms with Crippen molar-refractivity contribution in [1.82, 2.24) is 4.72 Å². The number of hydrogen-bond donors (Lipinski definition) is 2. The van der Waals surface area contributed by atoms with E-state index in [9.17, 15) is 13.2 Å². The van der Waals surface area contributed by atoms with E-state index in [4.69, 9.17) is 5.73 Å². The molecule has 0 saturated heterocycles. The first-order valence-electron chi connectivity index (χ1n) is 4.60. The van der Waals surface area contributed by atoms with E-state index in [1.165, 1.54) is 11.9 Å². The van der Waals surface area contributed by atoms with E-state index in [0.29, 0.717) is 11.3 Å². The average Bonchev–Trinajstić information content (AvgIpc) is 2.24. The van der Waals surface area contributed by atoms with Gasteiger partial charge in [-0.15, -0.1) is 0 Å². The molecule has 2 amide bonds. The van der Waals surface area contributed by atoms with Gasteiger partial charge in [-0.2, -0.15) is 0 Å². The Kier molecular flexibility index (Phi) is 2.36. The predicted octanol–water partition coefficient (Wildman–Crippen LogP) is -0.00660. The van der Waals surface area contributed by atoms with Gasteiger partial charge in [-0.25, -0.2) is 17.9 Å². The Morgan fingerprint density at radius 1 is 1.44 bits per heavy atom. The zero-order valence-electron chi connectivity index (χ0n) is 8.60. The zero-order chi connectivity index (χ0) is 11.9. The van der Waals surface area contributed by atoms with Gasteiger partial charge < -0.3 is 5.73 Å². The van der Waals surface area contributed by atoms with Crippen molar-refractivity contribution in [3.8, 4) is 0 Å². The molecule has 1 aromatic rings. The summed E-state index contributed by atoms with van der Waals surface area (Å²) >= 11 is 0. The van der Waals surface area contributed by atoms with E-state index in [0.717, 1.165) is 0 Å². The van der Waals surface area contributed by atoms with Gasteiger partial charge in [0, 0.05) is 13.6 Å². The van der Waals surface area contributed by atoms with Crippen molar-refractivity contribution in [3.63, 3.8) is 0 Å². The summed E-state index contributed by atoms with van der Waals surface area (Å²) < 4.78 is 25.5. The smallest absolute Gasteiger partial charge is 0.326 e. The van der Waals surface area contributed by atoms with Crippen molar-refractivity contribution in [1.29, 1.82) is 0 Å². The molecular weight excluding hydrogens is 230 g/mol. The fraction of sp³-hybridized carbons (Fsp3) is 0.222. The number of anilines is 1. The van der Waals surface area contributed by atoms with E-state index >= 15 is 0 Å². The lowest BCUT2D eigenvalue weighted by Gasteiger charge is -2.27. The van der Waals surface area contributed by atoms with Gasteiger partial charge in [0.25, 0.3) is 10.0 Å². The third kappa shape index (κ3) is 1.44.